The van der Waals surface area contributed by atoms with Crippen molar-refractivity contribution in [3.8, 4) is 5.75 Å². The molecule has 1 aliphatic heterocycles. The zero-order valence-corrected chi connectivity index (χ0v) is 12.6. The molecule has 0 aromatic heterocycles. The first-order chi connectivity index (χ1) is 9.97. The number of aromatic hydroxyl groups is 1. The van der Waals surface area contributed by atoms with Crippen LogP contribution in [-0.4, -0.2) is 28.0 Å². The predicted octanol–water partition coefficient (Wildman–Crippen LogP) is 2.18. The van der Waals surface area contributed by atoms with Gasteiger partial charge in [-0.25, -0.2) is 0 Å². The number of hydrogen-bond acceptors (Lipinski definition) is 3. The minimum absolute atomic E-state index is 0.0647. The summed E-state index contributed by atoms with van der Waals surface area (Å²) in [6, 6.07) is 5.45. The standard InChI is InChI=1S/C17H24N2O2/c1-17(18)8-3-2-4-15(17)16(21)19-9-7-12-5-6-14(20)10-13(12)11-19/h5-6,10,15,20H,2-4,7-9,11,18H2,1H3. The smallest absolute Gasteiger partial charge is 0.227 e. The second kappa shape index (κ2) is 5.34. The third-order valence-corrected chi connectivity index (χ3v) is 5.07. The number of hydrogen-bond donors (Lipinski definition) is 2. The number of phenolic OH excluding ortho intramolecular Hbond substituents is 1. The Kier molecular flexibility index (Phi) is 3.66. The molecule has 1 aliphatic carbocycles. The van der Waals surface area contributed by atoms with Crippen molar-refractivity contribution in [2.45, 2.75) is 51.1 Å². The number of phenols is 1. The van der Waals surface area contributed by atoms with Gasteiger partial charge < -0.3 is 15.7 Å². The molecule has 1 aromatic carbocycles. The first kappa shape index (κ1) is 14.4. The summed E-state index contributed by atoms with van der Waals surface area (Å²) in [5.41, 5.74) is 8.27. The van der Waals surface area contributed by atoms with Crippen molar-refractivity contribution < 1.29 is 9.90 Å². The molecule has 1 aromatic rings. The lowest BCUT2D eigenvalue weighted by Crippen LogP contribution is -2.54. The molecule has 0 bridgehead atoms. The molecule has 0 saturated heterocycles. The highest BCUT2D eigenvalue weighted by molar-refractivity contribution is 5.80. The summed E-state index contributed by atoms with van der Waals surface area (Å²) >= 11 is 0. The molecule has 1 heterocycles. The van der Waals surface area contributed by atoms with E-state index < -0.39 is 0 Å². The van der Waals surface area contributed by atoms with Gasteiger partial charge in [-0.15, -0.1) is 0 Å². The van der Waals surface area contributed by atoms with Crippen molar-refractivity contribution in [1.82, 2.24) is 4.90 Å². The fourth-order valence-electron chi connectivity index (χ4n) is 3.72. The molecular weight excluding hydrogens is 264 g/mol. The molecule has 3 rings (SSSR count). The topological polar surface area (TPSA) is 66.6 Å². The van der Waals surface area contributed by atoms with E-state index in [0.717, 1.165) is 44.2 Å². The van der Waals surface area contributed by atoms with E-state index in [1.165, 1.54) is 5.56 Å². The number of carbonyl (C=O) groups excluding carboxylic acids is 1. The van der Waals surface area contributed by atoms with Gasteiger partial charge in [-0.3, -0.25) is 4.79 Å². The minimum Gasteiger partial charge on any atom is -0.508 e. The lowest BCUT2D eigenvalue weighted by atomic mass is 9.73. The minimum atomic E-state index is -0.381. The van der Waals surface area contributed by atoms with Gasteiger partial charge in [0.1, 0.15) is 5.75 Å². The maximum atomic E-state index is 12.8. The van der Waals surface area contributed by atoms with Crippen LogP contribution in [0.5, 0.6) is 5.75 Å². The highest BCUT2D eigenvalue weighted by Gasteiger charge is 2.40. The van der Waals surface area contributed by atoms with E-state index in [9.17, 15) is 9.90 Å². The quantitative estimate of drug-likeness (QED) is 0.832. The monoisotopic (exact) mass is 288 g/mol. The van der Waals surface area contributed by atoms with Gasteiger partial charge in [-0.05, 0) is 49.4 Å². The van der Waals surface area contributed by atoms with Crippen molar-refractivity contribution in [3.63, 3.8) is 0 Å². The maximum Gasteiger partial charge on any atom is 0.227 e. The van der Waals surface area contributed by atoms with E-state index >= 15 is 0 Å². The molecule has 3 N–H and O–H groups in total. The molecule has 0 spiro atoms. The Morgan fingerprint density at radius 2 is 2.19 bits per heavy atom. The first-order valence-electron chi connectivity index (χ1n) is 7.86. The number of nitrogens with two attached hydrogens (primary N) is 1. The molecule has 4 nitrogen and oxygen atoms in total. The summed E-state index contributed by atoms with van der Waals surface area (Å²) in [6.45, 7) is 3.36. The summed E-state index contributed by atoms with van der Waals surface area (Å²) in [6.07, 6.45) is 4.89. The Hall–Kier alpha value is -1.55. The third-order valence-electron chi connectivity index (χ3n) is 5.07. The van der Waals surface area contributed by atoms with Crippen molar-refractivity contribution in [2.75, 3.05) is 6.54 Å². The lowest BCUT2D eigenvalue weighted by molar-refractivity contribution is -0.139. The molecule has 2 unspecified atom stereocenters. The highest BCUT2D eigenvalue weighted by Crippen LogP contribution is 2.34. The average Bonchev–Trinajstić information content (AvgIpc) is 2.45. The maximum absolute atomic E-state index is 12.8. The average molecular weight is 288 g/mol. The Bertz CT molecular complexity index is 554. The van der Waals surface area contributed by atoms with Gasteiger partial charge in [0.25, 0.3) is 0 Å². The third kappa shape index (κ3) is 2.77. The summed E-state index contributed by atoms with van der Waals surface area (Å²) in [7, 11) is 0. The predicted molar refractivity (Wildman–Crippen MR) is 81.8 cm³/mol. The largest absolute Gasteiger partial charge is 0.508 e. The molecule has 114 valence electrons. The van der Waals surface area contributed by atoms with Crippen LogP contribution < -0.4 is 5.73 Å². The zero-order chi connectivity index (χ0) is 15.0. The summed E-state index contributed by atoms with van der Waals surface area (Å²) < 4.78 is 0. The number of benzene rings is 1. The molecular formula is C17H24N2O2. The number of rotatable bonds is 1. The fraction of sp³-hybridized carbons (Fsp3) is 0.588. The van der Waals surface area contributed by atoms with Crippen LogP contribution in [0, 0.1) is 5.92 Å². The molecule has 1 amide bonds. The van der Waals surface area contributed by atoms with Crippen molar-refractivity contribution >= 4 is 5.91 Å². The SMILES string of the molecule is CC1(N)CCCCC1C(=O)N1CCc2ccc(O)cc2C1. The lowest BCUT2D eigenvalue weighted by Gasteiger charge is -2.41. The normalized spacial score (nSPS) is 29.0. The molecule has 0 radical (unpaired) electrons. The van der Waals surface area contributed by atoms with E-state index in [1.807, 2.05) is 17.9 Å². The number of fused-ring (bicyclic) bond motifs is 1. The van der Waals surface area contributed by atoms with Gasteiger partial charge in [-0.2, -0.15) is 0 Å². The zero-order valence-electron chi connectivity index (χ0n) is 12.6. The molecule has 2 aliphatic rings. The van der Waals surface area contributed by atoms with E-state index in [2.05, 4.69) is 0 Å². The van der Waals surface area contributed by atoms with E-state index in [0.29, 0.717) is 6.54 Å². The van der Waals surface area contributed by atoms with Crippen LogP contribution in [0.15, 0.2) is 18.2 Å². The summed E-state index contributed by atoms with van der Waals surface area (Å²) in [5, 5.41) is 9.62. The van der Waals surface area contributed by atoms with Crippen LogP contribution in [-0.2, 0) is 17.8 Å². The number of carbonyl (C=O) groups is 1. The van der Waals surface area contributed by atoms with Gasteiger partial charge in [-0.1, -0.05) is 18.9 Å². The first-order valence-corrected chi connectivity index (χ1v) is 7.86. The van der Waals surface area contributed by atoms with Gasteiger partial charge >= 0.3 is 0 Å². The van der Waals surface area contributed by atoms with E-state index in [1.54, 1.807) is 12.1 Å². The van der Waals surface area contributed by atoms with Gasteiger partial charge in [0.05, 0.1) is 5.92 Å². The highest BCUT2D eigenvalue weighted by atomic mass is 16.3. The molecule has 1 fully saturated rings. The Labute approximate surface area is 125 Å². The van der Waals surface area contributed by atoms with Gasteiger partial charge in [0, 0.05) is 18.6 Å². The van der Waals surface area contributed by atoms with Crippen molar-refractivity contribution in [2.24, 2.45) is 11.7 Å². The van der Waals surface area contributed by atoms with E-state index in [4.69, 9.17) is 5.73 Å². The molecule has 2 atom stereocenters. The van der Waals surface area contributed by atoms with Gasteiger partial charge in [0.2, 0.25) is 5.91 Å². The Morgan fingerprint density at radius 1 is 1.38 bits per heavy atom. The van der Waals surface area contributed by atoms with Crippen molar-refractivity contribution in [3.05, 3.63) is 29.3 Å². The number of amides is 1. The number of nitrogens with zero attached hydrogens (tertiary/aromatic N) is 1. The van der Waals surface area contributed by atoms with Crippen LogP contribution in [0.1, 0.15) is 43.7 Å². The van der Waals surface area contributed by atoms with Crippen molar-refractivity contribution in [1.29, 1.82) is 0 Å². The Morgan fingerprint density at radius 3 is 2.95 bits per heavy atom. The molecule has 21 heavy (non-hydrogen) atoms. The second-order valence-corrected chi connectivity index (χ2v) is 6.77. The Balaban J connectivity index is 1.77. The summed E-state index contributed by atoms with van der Waals surface area (Å²) in [5.74, 6) is 0.392. The van der Waals surface area contributed by atoms with E-state index in [-0.39, 0.29) is 23.1 Å². The summed E-state index contributed by atoms with van der Waals surface area (Å²) in [4.78, 5) is 14.8. The second-order valence-electron chi connectivity index (χ2n) is 6.77. The van der Waals surface area contributed by atoms with Gasteiger partial charge in [0.15, 0.2) is 0 Å². The molecule has 1 saturated carbocycles. The fourth-order valence-corrected chi connectivity index (χ4v) is 3.72. The van der Waals surface area contributed by atoms with Crippen LogP contribution in [0.3, 0.4) is 0 Å². The molecule has 4 heteroatoms. The van der Waals surface area contributed by atoms with Crippen LogP contribution in [0.25, 0.3) is 0 Å². The van der Waals surface area contributed by atoms with Crippen LogP contribution >= 0.6 is 0 Å². The van der Waals surface area contributed by atoms with Crippen LogP contribution in [0.4, 0.5) is 0 Å². The van der Waals surface area contributed by atoms with Crippen LogP contribution in [0.2, 0.25) is 0 Å².